The standard InChI is InChI=1S/C17H26N2O2S.ClH/c1-11-9-13(22-17(2,3)4)6-7-14(11)19-16(20)15-8-5-12(10-18)21-15;/h6-7,9,12,15H,5,8,10,18H2,1-4H3,(H,19,20);1H/t12-,15+;/m1./s1. The van der Waals surface area contributed by atoms with Crippen LogP contribution < -0.4 is 11.1 Å². The highest BCUT2D eigenvalue weighted by Gasteiger charge is 2.30. The predicted octanol–water partition coefficient (Wildman–Crippen LogP) is 3.75. The minimum atomic E-state index is -0.378. The van der Waals surface area contributed by atoms with Crippen molar-refractivity contribution in [2.75, 3.05) is 11.9 Å². The molecule has 1 saturated heterocycles. The molecule has 0 spiro atoms. The maximum Gasteiger partial charge on any atom is 0.253 e. The monoisotopic (exact) mass is 358 g/mol. The summed E-state index contributed by atoms with van der Waals surface area (Å²) < 4.78 is 5.81. The van der Waals surface area contributed by atoms with Crippen LogP contribution in [0, 0.1) is 6.92 Å². The second kappa shape index (κ2) is 8.38. The molecule has 0 unspecified atom stereocenters. The molecule has 0 radical (unpaired) electrons. The van der Waals surface area contributed by atoms with Crippen molar-refractivity contribution in [1.82, 2.24) is 0 Å². The van der Waals surface area contributed by atoms with Gasteiger partial charge in [0.05, 0.1) is 6.10 Å². The molecule has 130 valence electrons. The Balaban J connectivity index is 0.00000264. The van der Waals surface area contributed by atoms with Crippen molar-refractivity contribution < 1.29 is 9.53 Å². The normalized spacial score (nSPS) is 20.9. The summed E-state index contributed by atoms with van der Waals surface area (Å²) in [7, 11) is 0. The van der Waals surface area contributed by atoms with E-state index in [1.807, 2.05) is 24.8 Å². The van der Waals surface area contributed by atoms with E-state index in [1.165, 1.54) is 4.90 Å². The molecule has 2 atom stereocenters. The van der Waals surface area contributed by atoms with E-state index >= 15 is 0 Å². The van der Waals surface area contributed by atoms with Gasteiger partial charge in [0.1, 0.15) is 6.10 Å². The van der Waals surface area contributed by atoms with E-state index in [9.17, 15) is 4.79 Å². The molecular weight excluding hydrogens is 332 g/mol. The number of nitrogens with one attached hydrogen (secondary N) is 1. The number of nitrogens with two attached hydrogens (primary N) is 1. The first kappa shape index (κ1) is 20.3. The first-order valence-corrected chi connectivity index (χ1v) is 8.56. The molecule has 6 heteroatoms. The molecule has 1 fully saturated rings. The highest BCUT2D eigenvalue weighted by Crippen LogP contribution is 2.33. The van der Waals surface area contributed by atoms with Crippen LogP contribution in [0.3, 0.4) is 0 Å². The number of benzene rings is 1. The molecule has 0 aliphatic carbocycles. The summed E-state index contributed by atoms with van der Waals surface area (Å²) >= 11 is 1.82. The Labute approximate surface area is 149 Å². The summed E-state index contributed by atoms with van der Waals surface area (Å²) in [4.78, 5) is 13.5. The van der Waals surface area contributed by atoms with Gasteiger partial charge in [-0.2, -0.15) is 0 Å². The number of thioether (sulfide) groups is 1. The highest BCUT2D eigenvalue weighted by molar-refractivity contribution is 8.00. The van der Waals surface area contributed by atoms with Gasteiger partial charge in [-0.05, 0) is 43.5 Å². The molecule has 1 aliphatic rings. The second-order valence-electron chi connectivity index (χ2n) is 6.74. The fourth-order valence-corrected chi connectivity index (χ4v) is 3.56. The number of hydrogen-bond acceptors (Lipinski definition) is 4. The van der Waals surface area contributed by atoms with E-state index in [-0.39, 0.29) is 35.3 Å². The van der Waals surface area contributed by atoms with Gasteiger partial charge in [-0.1, -0.05) is 20.8 Å². The van der Waals surface area contributed by atoms with E-state index in [2.05, 4.69) is 38.2 Å². The van der Waals surface area contributed by atoms with Gasteiger partial charge in [0.15, 0.2) is 0 Å². The molecule has 1 aromatic rings. The van der Waals surface area contributed by atoms with Gasteiger partial charge >= 0.3 is 0 Å². The van der Waals surface area contributed by atoms with Crippen LogP contribution in [0.5, 0.6) is 0 Å². The Kier molecular flexibility index (Phi) is 7.39. The number of amides is 1. The average Bonchev–Trinajstić information content (AvgIpc) is 2.89. The fraction of sp³-hybridized carbons (Fsp3) is 0.588. The molecule has 1 aliphatic heterocycles. The topological polar surface area (TPSA) is 64.4 Å². The van der Waals surface area contributed by atoms with E-state index in [0.717, 1.165) is 24.1 Å². The summed E-state index contributed by atoms with van der Waals surface area (Å²) in [5.74, 6) is -0.0738. The number of carbonyl (C=O) groups excluding carboxylic acids is 1. The quantitative estimate of drug-likeness (QED) is 0.804. The Morgan fingerprint density at radius 1 is 1.39 bits per heavy atom. The second-order valence-corrected chi connectivity index (χ2v) is 8.64. The third-order valence-electron chi connectivity index (χ3n) is 3.54. The zero-order valence-electron chi connectivity index (χ0n) is 14.2. The molecular formula is C17H27ClN2O2S. The molecule has 3 N–H and O–H groups in total. The van der Waals surface area contributed by atoms with Crippen LogP contribution in [0.2, 0.25) is 0 Å². The smallest absolute Gasteiger partial charge is 0.253 e. The van der Waals surface area contributed by atoms with Gasteiger partial charge in [0.2, 0.25) is 0 Å². The van der Waals surface area contributed by atoms with Gasteiger partial charge < -0.3 is 15.8 Å². The zero-order chi connectivity index (χ0) is 16.3. The Bertz CT molecular complexity index is 546. The number of aryl methyl sites for hydroxylation is 1. The lowest BCUT2D eigenvalue weighted by molar-refractivity contribution is -0.126. The van der Waals surface area contributed by atoms with Crippen molar-refractivity contribution in [2.45, 2.75) is 62.4 Å². The van der Waals surface area contributed by atoms with Crippen LogP contribution in [0.1, 0.15) is 39.2 Å². The van der Waals surface area contributed by atoms with Gasteiger partial charge in [0, 0.05) is 21.9 Å². The van der Waals surface area contributed by atoms with Crippen molar-refractivity contribution >= 4 is 35.8 Å². The number of hydrogen-bond donors (Lipinski definition) is 2. The van der Waals surface area contributed by atoms with Crippen molar-refractivity contribution in [1.29, 1.82) is 0 Å². The summed E-state index contributed by atoms with van der Waals surface area (Å²) in [5.41, 5.74) is 7.50. The number of halogens is 1. The van der Waals surface area contributed by atoms with E-state index < -0.39 is 0 Å². The highest BCUT2D eigenvalue weighted by atomic mass is 35.5. The van der Waals surface area contributed by atoms with E-state index in [0.29, 0.717) is 6.54 Å². The zero-order valence-corrected chi connectivity index (χ0v) is 15.9. The maximum absolute atomic E-state index is 12.3. The van der Waals surface area contributed by atoms with Gasteiger partial charge in [-0.3, -0.25) is 4.79 Å². The first-order chi connectivity index (χ1) is 10.3. The summed E-state index contributed by atoms with van der Waals surface area (Å²) in [6, 6.07) is 6.14. The van der Waals surface area contributed by atoms with Gasteiger partial charge in [-0.15, -0.1) is 24.2 Å². The van der Waals surface area contributed by atoms with Crippen molar-refractivity contribution in [2.24, 2.45) is 5.73 Å². The fourth-order valence-electron chi connectivity index (χ4n) is 2.48. The number of anilines is 1. The number of ether oxygens (including phenoxy) is 1. The van der Waals surface area contributed by atoms with Crippen LogP contribution in [-0.2, 0) is 9.53 Å². The SMILES string of the molecule is Cc1cc(SC(C)(C)C)ccc1NC(=O)[C@@H]1CC[C@H](CN)O1.Cl. The molecule has 1 amide bonds. The number of rotatable bonds is 4. The van der Waals surface area contributed by atoms with Crippen molar-refractivity contribution in [3.05, 3.63) is 23.8 Å². The molecule has 23 heavy (non-hydrogen) atoms. The minimum Gasteiger partial charge on any atom is -0.364 e. The lowest BCUT2D eigenvalue weighted by Crippen LogP contribution is -2.30. The van der Waals surface area contributed by atoms with Crippen molar-refractivity contribution in [3.8, 4) is 0 Å². The third kappa shape index (κ3) is 5.99. The summed E-state index contributed by atoms with van der Waals surface area (Å²) in [6.07, 6.45) is 1.23. The largest absolute Gasteiger partial charge is 0.364 e. The van der Waals surface area contributed by atoms with E-state index in [1.54, 1.807) is 0 Å². The van der Waals surface area contributed by atoms with Crippen LogP contribution in [0.15, 0.2) is 23.1 Å². The molecule has 0 bridgehead atoms. The Morgan fingerprint density at radius 2 is 2.09 bits per heavy atom. The summed E-state index contributed by atoms with van der Waals surface area (Å²) in [5, 5.41) is 2.97. The summed E-state index contributed by atoms with van der Waals surface area (Å²) in [6.45, 7) is 9.05. The lowest BCUT2D eigenvalue weighted by Gasteiger charge is -2.19. The maximum atomic E-state index is 12.3. The van der Waals surface area contributed by atoms with Gasteiger partial charge in [0.25, 0.3) is 5.91 Å². The molecule has 1 aromatic carbocycles. The third-order valence-corrected chi connectivity index (χ3v) is 4.64. The predicted molar refractivity (Wildman–Crippen MR) is 99.6 cm³/mol. The minimum absolute atomic E-state index is 0. The molecule has 1 heterocycles. The molecule has 0 aromatic heterocycles. The average molecular weight is 359 g/mol. The number of carbonyl (C=O) groups is 1. The molecule has 4 nitrogen and oxygen atoms in total. The van der Waals surface area contributed by atoms with Crippen molar-refractivity contribution in [3.63, 3.8) is 0 Å². The molecule has 2 rings (SSSR count). The van der Waals surface area contributed by atoms with Crippen LogP contribution in [0.25, 0.3) is 0 Å². The lowest BCUT2D eigenvalue weighted by atomic mass is 10.1. The Morgan fingerprint density at radius 3 is 2.61 bits per heavy atom. The Hall–Kier alpha value is -0.750. The van der Waals surface area contributed by atoms with Gasteiger partial charge in [-0.25, -0.2) is 0 Å². The van der Waals surface area contributed by atoms with E-state index in [4.69, 9.17) is 10.5 Å². The molecule has 0 saturated carbocycles. The van der Waals surface area contributed by atoms with Crippen LogP contribution in [-0.4, -0.2) is 29.4 Å². The first-order valence-electron chi connectivity index (χ1n) is 7.74. The van der Waals surface area contributed by atoms with Crippen LogP contribution >= 0.6 is 24.2 Å². The van der Waals surface area contributed by atoms with Crippen LogP contribution in [0.4, 0.5) is 5.69 Å².